The first kappa shape index (κ1) is 11.0. The first-order valence-corrected chi connectivity index (χ1v) is 5.61. The van der Waals surface area contributed by atoms with Crippen LogP contribution in [0.25, 0.3) is 0 Å². The summed E-state index contributed by atoms with van der Waals surface area (Å²) in [7, 11) is 0. The van der Waals surface area contributed by atoms with Crippen molar-refractivity contribution in [2.45, 2.75) is 58.1 Å². The highest BCUT2D eigenvalue weighted by Crippen LogP contribution is 2.29. The lowest BCUT2D eigenvalue weighted by molar-refractivity contribution is -0.00434. The smallest absolute Gasteiger partial charge is 0.0769 e. The number of aliphatic hydroxyl groups is 1. The van der Waals surface area contributed by atoms with Gasteiger partial charge in [0.1, 0.15) is 0 Å². The molecule has 2 heteroatoms. The van der Waals surface area contributed by atoms with Crippen molar-refractivity contribution in [3.63, 3.8) is 0 Å². The van der Waals surface area contributed by atoms with E-state index >= 15 is 0 Å². The minimum absolute atomic E-state index is 0.446. The molecule has 2 nitrogen and oxygen atoms in total. The van der Waals surface area contributed by atoms with Crippen molar-refractivity contribution in [1.29, 1.82) is 0 Å². The molecule has 1 aliphatic rings. The topological polar surface area (TPSA) is 23.5 Å². The van der Waals surface area contributed by atoms with Crippen molar-refractivity contribution in [2.75, 3.05) is 13.1 Å². The van der Waals surface area contributed by atoms with Crippen LogP contribution in [0.15, 0.2) is 0 Å². The molecule has 0 atom stereocenters. The number of rotatable bonds is 6. The van der Waals surface area contributed by atoms with Crippen molar-refractivity contribution in [1.82, 2.24) is 4.90 Å². The third kappa shape index (κ3) is 2.96. The third-order valence-corrected chi connectivity index (χ3v) is 3.28. The van der Waals surface area contributed by atoms with Crippen molar-refractivity contribution < 1.29 is 5.11 Å². The van der Waals surface area contributed by atoms with Crippen LogP contribution >= 0.6 is 0 Å². The molecule has 0 spiro atoms. The quantitative estimate of drug-likeness (QED) is 0.684. The lowest BCUT2D eigenvalue weighted by Crippen LogP contribution is -2.43. The summed E-state index contributed by atoms with van der Waals surface area (Å²) in [5.74, 6) is 0. The maximum absolute atomic E-state index is 10.2. The van der Waals surface area contributed by atoms with Gasteiger partial charge >= 0.3 is 0 Å². The molecule has 0 amide bonds. The van der Waals surface area contributed by atoms with E-state index in [2.05, 4.69) is 25.7 Å². The molecule has 0 aromatic heterocycles. The first-order chi connectivity index (χ1) is 6.15. The second-order valence-electron chi connectivity index (χ2n) is 4.23. The van der Waals surface area contributed by atoms with E-state index in [1.54, 1.807) is 0 Å². The Morgan fingerprint density at radius 2 is 1.77 bits per heavy atom. The van der Waals surface area contributed by atoms with Crippen molar-refractivity contribution in [2.24, 2.45) is 0 Å². The van der Waals surface area contributed by atoms with E-state index in [1.807, 2.05) is 0 Å². The summed E-state index contributed by atoms with van der Waals surface area (Å²) >= 11 is 0. The van der Waals surface area contributed by atoms with Crippen LogP contribution in [0.1, 0.15) is 46.5 Å². The van der Waals surface area contributed by atoms with Gasteiger partial charge in [0, 0.05) is 12.6 Å². The second kappa shape index (κ2) is 4.43. The lowest BCUT2D eigenvalue weighted by Gasteiger charge is -2.32. The molecular weight excluding hydrogens is 162 g/mol. The van der Waals surface area contributed by atoms with Gasteiger partial charge in [0.05, 0.1) is 5.60 Å². The summed E-state index contributed by atoms with van der Waals surface area (Å²) in [6.07, 6.45) is 4.40. The minimum Gasteiger partial charge on any atom is -0.389 e. The van der Waals surface area contributed by atoms with Gasteiger partial charge in [-0.1, -0.05) is 20.8 Å². The van der Waals surface area contributed by atoms with E-state index in [0.29, 0.717) is 0 Å². The zero-order chi connectivity index (χ0) is 9.90. The Labute approximate surface area is 81.9 Å². The molecule has 0 aliphatic heterocycles. The van der Waals surface area contributed by atoms with Gasteiger partial charge in [0.25, 0.3) is 0 Å². The summed E-state index contributed by atoms with van der Waals surface area (Å²) < 4.78 is 0. The average Bonchev–Trinajstić information content (AvgIpc) is 2.97. The summed E-state index contributed by atoms with van der Waals surface area (Å²) in [5.41, 5.74) is -0.446. The first-order valence-electron chi connectivity index (χ1n) is 5.61. The molecule has 0 aromatic carbocycles. The zero-order valence-electron chi connectivity index (χ0n) is 9.21. The van der Waals surface area contributed by atoms with Crippen LogP contribution in [0.3, 0.4) is 0 Å². The highest BCUT2D eigenvalue weighted by Gasteiger charge is 2.33. The Morgan fingerprint density at radius 3 is 2.08 bits per heavy atom. The van der Waals surface area contributed by atoms with E-state index in [0.717, 1.165) is 32.0 Å². The second-order valence-corrected chi connectivity index (χ2v) is 4.23. The van der Waals surface area contributed by atoms with Crippen LogP contribution in [-0.4, -0.2) is 34.7 Å². The standard InChI is InChI=1S/C11H23NO/c1-4-11(13,5-2)9-12(6-3)10-7-8-10/h10,13H,4-9H2,1-3H3. The molecule has 1 aliphatic carbocycles. The van der Waals surface area contributed by atoms with E-state index < -0.39 is 5.60 Å². The van der Waals surface area contributed by atoms with Crippen LogP contribution in [0.4, 0.5) is 0 Å². The molecule has 1 saturated carbocycles. The highest BCUT2D eigenvalue weighted by atomic mass is 16.3. The van der Waals surface area contributed by atoms with Gasteiger partial charge < -0.3 is 5.11 Å². The molecule has 1 N–H and O–H groups in total. The van der Waals surface area contributed by atoms with Gasteiger partial charge in [-0.05, 0) is 32.2 Å². The number of likely N-dealkylation sites (N-methyl/N-ethyl adjacent to an activating group) is 1. The van der Waals surface area contributed by atoms with Gasteiger partial charge in [0.15, 0.2) is 0 Å². The molecule has 1 rings (SSSR count). The summed E-state index contributed by atoms with van der Waals surface area (Å²) in [6.45, 7) is 8.27. The van der Waals surface area contributed by atoms with Crippen LogP contribution < -0.4 is 0 Å². The molecule has 0 radical (unpaired) electrons. The normalized spacial score (nSPS) is 18.2. The molecule has 0 heterocycles. The van der Waals surface area contributed by atoms with Gasteiger partial charge in [0.2, 0.25) is 0 Å². The maximum atomic E-state index is 10.2. The molecule has 0 unspecified atom stereocenters. The summed E-state index contributed by atoms with van der Waals surface area (Å²) in [6, 6.07) is 0.773. The fourth-order valence-corrected chi connectivity index (χ4v) is 1.79. The molecular formula is C11H23NO. The van der Waals surface area contributed by atoms with E-state index in [9.17, 15) is 5.11 Å². The summed E-state index contributed by atoms with van der Waals surface area (Å²) in [5, 5.41) is 10.2. The van der Waals surface area contributed by atoms with Gasteiger partial charge in [-0.15, -0.1) is 0 Å². The van der Waals surface area contributed by atoms with Gasteiger partial charge in [-0.2, -0.15) is 0 Å². The van der Waals surface area contributed by atoms with E-state index in [-0.39, 0.29) is 0 Å². The molecule has 0 saturated heterocycles. The number of nitrogens with zero attached hydrogens (tertiary/aromatic N) is 1. The maximum Gasteiger partial charge on any atom is 0.0769 e. The third-order valence-electron chi connectivity index (χ3n) is 3.28. The highest BCUT2D eigenvalue weighted by molar-refractivity contribution is 4.89. The molecule has 1 fully saturated rings. The van der Waals surface area contributed by atoms with Crippen molar-refractivity contribution >= 4 is 0 Å². The van der Waals surface area contributed by atoms with E-state index in [1.165, 1.54) is 12.8 Å². The minimum atomic E-state index is -0.446. The monoisotopic (exact) mass is 185 g/mol. The SMILES string of the molecule is CCN(CC(O)(CC)CC)C1CC1. The van der Waals surface area contributed by atoms with Gasteiger partial charge in [-0.25, -0.2) is 0 Å². The van der Waals surface area contributed by atoms with Crippen LogP contribution in [0.2, 0.25) is 0 Å². The Kier molecular flexibility index (Phi) is 3.74. The Balaban J connectivity index is 2.42. The Morgan fingerprint density at radius 1 is 1.23 bits per heavy atom. The molecule has 0 aromatic rings. The largest absolute Gasteiger partial charge is 0.389 e. The molecule has 13 heavy (non-hydrogen) atoms. The zero-order valence-corrected chi connectivity index (χ0v) is 9.21. The number of hydrogen-bond donors (Lipinski definition) is 1. The van der Waals surface area contributed by atoms with Crippen LogP contribution in [0.5, 0.6) is 0 Å². The van der Waals surface area contributed by atoms with Crippen molar-refractivity contribution in [3.05, 3.63) is 0 Å². The summed E-state index contributed by atoms with van der Waals surface area (Å²) in [4.78, 5) is 2.42. The lowest BCUT2D eigenvalue weighted by atomic mass is 9.97. The Hall–Kier alpha value is -0.0800. The predicted molar refractivity (Wildman–Crippen MR) is 55.8 cm³/mol. The predicted octanol–water partition coefficient (Wildman–Crippen LogP) is 2.02. The molecule has 0 bridgehead atoms. The fraction of sp³-hybridized carbons (Fsp3) is 1.00. The van der Waals surface area contributed by atoms with Crippen molar-refractivity contribution in [3.8, 4) is 0 Å². The van der Waals surface area contributed by atoms with Gasteiger partial charge in [-0.3, -0.25) is 4.90 Å². The van der Waals surface area contributed by atoms with E-state index in [4.69, 9.17) is 0 Å². The number of hydrogen-bond acceptors (Lipinski definition) is 2. The van der Waals surface area contributed by atoms with Crippen LogP contribution in [0, 0.1) is 0 Å². The molecule has 78 valence electrons. The Bertz CT molecular complexity index is 150. The fourth-order valence-electron chi connectivity index (χ4n) is 1.79. The van der Waals surface area contributed by atoms with Crippen LogP contribution in [-0.2, 0) is 0 Å². The average molecular weight is 185 g/mol.